The third-order valence-corrected chi connectivity index (χ3v) is 1.51. The maximum Gasteiger partial charge on any atom is 0.460 e. The number of hydrogen-bond donors (Lipinski definition) is 0. The van der Waals surface area contributed by atoms with Gasteiger partial charge in [0.25, 0.3) is 0 Å². The predicted molar refractivity (Wildman–Crippen MR) is 31.1 cm³/mol. The summed E-state index contributed by atoms with van der Waals surface area (Å²) in [6, 6.07) is 0.407. The number of hydrogen-bond acceptors (Lipinski definition) is 1. The summed E-state index contributed by atoms with van der Waals surface area (Å²) in [5.74, 6) is -19.4. The predicted octanol–water partition coefficient (Wildman–Crippen LogP) is 3.37. The Labute approximate surface area is 82.4 Å². The van der Waals surface area contributed by atoms with Crippen LogP contribution in [0.4, 0.5) is 39.5 Å². The summed E-state index contributed by atoms with van der Waals surface area (Å²) in [6.45, 7) is 0. The summed E-state index contributed by atoms with van der Waals surface area (Å²) in [6.07, 6.45) is -9.29. The number of alkyl halides is 9. The monoisotopic (exact) mass is 259 g/mol. The standard InChI is InChI=1S/C6H2F9N/c7-3(8,1-2-16)4(9,10)5(11,12)6(13,14)15/h1H2. The molecule has 0 fully saturated rings. The van der Waals surface area contributed by atoms with E-state index < -0.39 is 30.4 Å². The van der Waals surface area contributed by atoms with Crippen molar-refractivity contribution in [3.63, 3.8) is 0 Å². The van der Waals surface area contributed by atoms with E-state index in [0.29, 0.717) is 6.07 Å². The summed E-state index contributed by atoms with van der Waals surface area (Å²) in [5.41, 5.74) is 0. The average Bonchev–Trinajstić information content (AvgIpc) is 2.01. The zero-order valence-electron chi connectivity index (χ0n) is 7.06. The third kappa shape index (κ3) is 2.03. The van der Waals surface area contributed by atoms with Crippen molar-refractivity contribution in [3.05, 3.63) is 0 Å². The van der Waals surface area contributed by atoms with Crippen molar-refractivity contribution in [2.75, 3.05) is 0 Å². The van der Waals surface area contributed by atoms with Crippen LogP contribution in [-0.2, 0) is 0 Å². The molecule has 0 aliphatic rings. The molecule has 0 heterocycles. The Morgan fingerprint density at radius 1 is 0.750 bits per heavy atom. The van der Waals surface area contributed by atoms with Crippen LogP contribution in [0.2, 0.25) is 0 Å². The van der Waals surface area contributed by atoms with E-state index in [1.54, 1.807) is 0 Å². The highest BCUT2D eigenvalue weighted by atomic mass is 19.4. The minimum Gasteiger partial charge on any atom is -0.198 e. The average molecular weight is 259 g/mol. The van der Waals surface area contributed by atoms with E-state index >= 15 is 0 Å². The summed E-state index contributed by atoms with van der Waals surface area (Å²) < 4.78 is 108. The highest BCUT2D eigenvalue weighted by Gasteiger charge is 2.81. The summed E-state index contributed by atoms with van der Waals surface area (Å²) in [7, 11) is 0. The van der Waals surface area contributed by atoms with E-state index in [9.17, 15) is 39.5 Å². The number of nitriles is 1. The van der Waals surface area contributed by atoms with Crippen molar-refractivity contribution in [1.29, 1.82) is 5.26 Å². The molecule has 0 aromatic rings. The number of halogens is 9. The molecule has 0 radical (unpaired) electrons. The van der Waals surface area contributed by atoms with Crippen molar-refractivity contribution in [1.82, 2.24) is 0 Å². The van der Waals surface area contributed by atoms with E-state index in [-0.39, 0.29) is 0 Å². The second kappa shape index (κ2) is 3.71. The topological polar surface area (TPSA) is 23.8 Å². The Hall–Kier alpha value is -1.14. The van der Waals surface area contributed by atoms with E-state index in [4.69, 9.17) is 5.26 Å². The van der Waals surface area contributed by atoms with Crippen LogP contribution in [0.15, 0.2) is 0 Å². The molecule has 0 aromatic carbocycles. The van der Waals surface area contributed by atoms with Gasteiger partial charge in [-0.15, -0.1) is 0 Å². The van der Waals surface area contributed by atoms with Crippen LogP contribution >= 0.6 is 0 Å². The number of rotatable bonds is 3. The molecule has 10 heteroatoms. The van der Waals surface area contributed by atoms with Crippen LogP contribution in [-0.4, -0.2) is 23.9 Å². The zero-order chi connectivity index (χ0) is 13.4. The van der Waals surface area contributed by atoms with E-state index in [2.05, 4.69) is 0 Å². The first-order chi connectivity index (χ1) is 6.81. The van der Waals surface area contributed by atoms with Crippen molar-refractivity contribution < 1.29 is 39.5 Å². The molecule has 0 N–H and O–H groups in total. The van der Waals surface area contributed by atoms with Gasteiger partial charge in [-0.05, 0) is 0 Å². The Balaban J connectivity index is 5.45. The summed E-state index contributed by atoms with van der Waals surface area (Å²) >= 11 is 0. The summed E-state index contributed by atoms with van der Waals surface area (Å²) in [4.78, 5) is 0. The smallest absolute Gasteiger partial charge is 0.198 e. The molecule has 0 aliphatic carbocycles. The van der Waals surface area contributed by atoms with Gasteiger partial charge in [0.2, 0.25) is 0 Å². The molecule has 0 spiro atoms. The molecule has 0 aromatic heterocycles. The quantitative estimate of drug-likeness (QED) is 0.713. The molecule has 1 nitrogen and oxygen atoms in total. The van der Waals surface area contributed by atoms with Gasteiger partial charge in [-0.1, -0.05) is 0 Å². The molecule has 0 saturated carbocycles. The molecule has 0 amide bonds. The lowest BCUT2D eigenvalue weighted by Crippen LogP contribution is -2.60. The maximum absolute atomic E-state index is 12.3. The molecule has 94 valence electrons. The van der Waals surface area contributed by atoms with Gasteiger partial charge in [0, 0.05) is 0 Å². The molecule has 16 heavy (non-hydrogen) atoms. The molecule has 0 aliphatic heterocycles. The first-order valence-corrected chi connectivity index (χ1v) is 3.38. The zero-order valence-corrected chi connectivity index (χ0v) is 7.06. The van der Waals surface area contributed by atoms with Crippen molar-refractivity contribution in [2.45, 2.75) is 30.4 Å². The van der Waals surface area contributed by atoms with Gasteiger partial charge in [0.15, 0.2) is 0 Å². The SMILES string of the molecule is N#CCC(F)(F)C(F)(F)C(F)(F)C(F)(F)F. The normalized spacial score (nSPS) is 14.8. The minimum absolute atomic E-state index is 0.407. The van der Waals surface area contributed by atoms with Gasteiger partial charge in [-0.25, -0.2) is 0 Å². The maximum atomic E-state index is 12.3. The second-order valence-corrected chi connectivity index (χ2v) is 2.69. The van der Waals surface area contributed by atoms with Gasteiger partial charge in [0.1, 0.15) is 6.42 Å². The fourth-order valence-electron chi connectivity index (χ4n) is 0.618. The molecular weight excluding hydrogens is 257 g/mol. The highest BCUT2D eigenvalue weighted by Crippen LogP contribution is 2.53. The molecule has 0 saturated heterocycles. The number of nitrogens with zero attached hydrogens (tertiary/aromatic N) is 1. The molecule has 0 bridgehead atoms. The van der Waals surface area contributed by atoms with Gasteiger partial charge in [0.05, 0.1) is 6.07 Å². The van der Waals surface area contributed by atoms with Crippen LogP contribution in [0.1, 0.15) is 6.42 Å². The van der Waals surface area contributed by atoms with Crippen LogP contribution in [0.5, 0.6) is 0 Å². The Morgan fingerprint density at radius 2 is 1.12 bits per heavy atom. The summed E-state index contributed by atoms with van der Waals surface area (Å²) in [5, 5.41) is 7.64. The van der Waals surface area contributed by atoms with Crippen LogP contribution in [0.25, 0.3) is 0 Å². The van der Waals surface area contributed by atoms with Crippen LogP contribution in [0, 0.1) is 11.3 Å². The molecule has 0 atom stereocenters. The first kappa shape index (κ1) is 14.9. The van der Waals surface area contributed by atoms with E-state index in [1.807, 2.05) is 0 Å². The third-order valence-electron chi connectivity index (χ3n) is 1.51. The van der Waals surface area contributed by atoms with Gasteiger partial charge in [-0.3, -0.25) is 0 Å². The molecule has 0 unspecified atom stereocenters. The Morgan fingerprint density at radius 3 is 1.38 bits per heavy atom. The Bertz CT molecular complexity index is 296. The van der Waals surface area contributed by atoms with E-state index in [0.717, 1.165) is 0 Å². The van der Waals surface area contributed by atoms with Gasteiger partial charge < -0.3 is 0 Å². The largest absolute Gasteiger partial charge is 0.460 e. The van der Waals surface area contributed by atoms with Crippen molar-refractivity contribution >= 4 is 0 Å². The molecular formula is C6H2F9N. The minimum atomic E-state index is -6.92. The molecule has 0 rings (SSSR count). The van der Waals surface area contributed by atoms with Crippen molar-refractivity contribution in [2.24, 2.45) is 0 Å². The van der Waals surface area contributed by atoms with E-state index in [1.165, 1.54) is 0 Å². The van der Waals surface area contributed by atoms with Gasteiger partial charge >= 0.3 is 23.9 Å². The van der Waals surface area contributed by atoms with Crippen molar-refractivity contribution in [3.8, 4) is 6.07 Å². The first-order valence-electron chi connectivity index (χ1n) is 3.38. The Kier molecular flexibility index (Phi) is 3.44. The lowest BCUT2D eigenvalue weighted by Gasteiger charge is -2.32. The highest BCUT2D eigenvalue weighted by molar-refractivity contribution is 5.03. The second-order valence-electron chi connectivity index (χ2n) is 2.69. The fourth-order valence-corrected chi connectivity index (χ4v) is 0.618. The lowest BCUT2D eigenvalue weighted by atomic mass is 10.0. The lowest BCUT2D eigenvalue weighted by molar-refractivity contribution is -0.395. The van der Waals surface area contributed by atoms with Crippen LogP contribution < -0.4 is 0 Å². The van der Waals surface area contributed by atoms with Gasteiger partial charge in [-0.2, -0.15) is 44.8 Å². The fraction of sp³-hybridized carbons (Fsp3) is 0.833. The van der Waals surface area contributed by atoms with Crippen LogP contribution in [0.3, 0.4) is 0 Å².